The van der Waals surface area contributed by atoms with E-state index in [0.29, 0.717) is 29.1 Å². The van der Waals surface area contributed by atoms with E-state index in [1.807, 2.05) is 115 Å². The fraction of sp³-hybridized carbons (Fsp3) is 0.135. The molecule has 2 heterocycles. The second kappa shape index (κ2) is 21.9. The Morgan fingerprint density at radius 3 is 1.35 bits per heavy atom. The monoisotopic (exact) mass is 754 g/mol. The van der Waals surface area contributed by atoms with E-state index in [9.17, 15) is 10.2 Å². The maximum atomic E-state index is 12.5. The smallest absolute Gasteiger partial charge is 0.872 e. The van der Waals surface area contributed by atoms with Gasteiger partial charge in [0, 0.05) is 50.0 Å². The number of hydrogen-bond acceptors (Lipinski definition) is 10. The topological polar surface area (TPSA) is 199 Å². The molecule has 14 heteroatoms. The Bertz CT molecular complexity index is 1850. The molecule has 6 aromatic rings. The maximum Gasteiger partial charge on any atom is 3.00 e. The minimum Gasteiger partial charge on any atom is -0.872 e. The summed E-state index contributed by atoms with van der Waals surface area (Å²) in [7, 11) is -1.07. The van der Waals surface area contributed by atoms with Gasteiger partial charge < -0.3 is 19.3 Å². The Morgan fingerprint density at radius 1 is 0.627 bits per heavy atom. The standard InChI is InChI=1S/C29H26N2O2.2C4H6N2.ClHO4.Co/c1-21(31-29(23-14-6-3-7-15-23)25-17-9-11-19-27(25)33)20-30-28(22-12-4-2-5-13-22)24-16-8-10-18-26(24)32;2*1-6-3-2-5-4-6;2-1(3,4)5;/h2-19,21,32-33H,20H2,1H3;2*2-4H,1H3;(H,2,3,4,5);/q;;;;+3/p-3/t21-;;;;/m1..../s1. The van der Waals surface area contributed by atoms with E-state index in [1.54, 1.807) is 61.4 Å². The van der Waals surface area contributed by atoms with Crippen LogP contribution in [-0.2, 0) is 30.9 Å². The van der Waals surface area contributed by atoms with Gasteiger partial charge in [0.25, 0.3) is 0 Å². The van der Waals surface area contributed by atoms with Gasteiger partial charge in [-0.05, 0) is 18.1 Å². The zero-order valence-corrected chi connectivity index (χ0v) is 29.8. The molecule has 2 aromatic heterocycles. The predicted molar refractivity (Wildman–Crippen MR) is 177 cm³/mol. The van der Waals surface area contributed by atoms with Crippen LogP contribution in [0.5, 0.6) is 11.5 Å². The molecule has 6 rings (SSSR count). The number of benzene rings is 4. The van der Waals surface area contributed by atoms with Crippen LogP contribution in [0.1, 0.15) is 29.2 Å². The minimum atomic E-state index is -4.94. The number of para-hydroxylation sites is 2. The molecule has 0 aliphatic heterocycles. The molecule has 0 radical (unpaired) electrons. The van der Waals surface area contributed by atoms with E-state index < -0.39 is 10.2 Å². The summed E-state index contributed by atoms with van der Waals surface area (Å²) in [5, 5.41) is 25.1. The number of aliphatic imine (C=N–C) groups is 2. The largest absolute Gasteiger partial charge is 3.00 e. The second-order valence-corrected chi connectivity index (χ2v) is 11.3. The van der Waals surface area contributed by atoms with Crippen molar-refractivity contribution in [3.05, 3.63) is 169 Å². The van der Waals surface area contributed by atoms with Gasteiger partial charge in [-0.15, -0.1) is 10.2 Å². The Labute approximate surface area is 309 Å². The van der Waals surface area contributed by atoms with Gasteiger partial charge in [-0.2, -0.15) is 0 Å². The summed E-state index contributed by atoms with van der Waals surface area (Å²) in [6.07, 6.45) is 10.8. The van der Waals surface area contributed by atoms with Gasteiger partial charge in [-0.1, -0.05) is 121 Å². The molecule has 0 saturated heterocycles. The zero-order chi connectivity index (χ0) is 36.4. The van der Waals surface area contributed by atoms with Crippen molar-refractivity contribution in [1.82, 2.24) is 19.1 Å². The van der Waals surface area contributed by atoms with Gasteiger partial charge in [0.05, 0.1) is 36.7 Å². The number of halogens is 1. The molecule has 12 nitrogen and oxygen atoms in total. The first-order valence-corrected chi connectivity index (χ1v) is 16.4. The van der Waals surface area contributed by atoms with Crippen molar-refractivity contribution in [2.75, 3.05) is 6.54 Å². The van der Waals surface area contributed by atoms with Gasteiger partial charge >= 0.3 is 16.8 Å². The molecule has 266 valence electrons. The van der Waals surface area contributed by atoms with Crippen molar-refractivity contribution in [2.24, 2.45) is 24.1 Å². The van der Waals surface area contributed by atoms with E-state index in [2.05, 4.69) is 9.97 Å². The molecule has 0 aliphatic rings. The number of nitrogens with zero attached hydrogens (tertiary/aromatic N) is 6. The molecule has 0 amide bonds. The van der Waals surface area contributed by atoms with Gasteiger partial charge in [-0.3, -0.25) is 9.98 Å². The number of rotatable bonds is 7. The first-order valence-electron chi connectivity index (χ1n) is 15.1. The summed E-state index contributed by atoms with van der Waals surface area (Å²) in [6, 6.07) is 33.0. The van der Waals surface area contributed by atoms with E-state index in [1.165, 1.54) is 0 Å². The summed E-state index contributed by atoms with van der Waals surface area (Å²) in [5.41, 5.74) is 4.18. The van der Waals surface area contributed by atoms with Gasteiger partial charge in [0.2, 0.25) is 0 Å². The fourth-order valence-corrected chi connectivity index (χ4v) is 4.28. The quantitative estimate of drug-likeness (QED) is 0.212. The number of imidazole rings is 2. The molecule has 0 bridgehead atoms. The van der Waals surface area contributed by atoms with Crippen LogP contribution in [-0.4, -0.2) is 43.1 Å². The molecule has 0 saturated carbocycles. The van der Waals surface area contributed by atoms with E-state index in [-0.39, 0.29) is 34.3 Å². The fourth-order valence-electron chi connectivity index (χ4n) is 4.28. The van der Waals surface area contributed by atoms with Crippen molar-refractivity contribution in [3.63, 3.8) is 0 Å². The minimum absolute atomic E-state index is 0. The molecule has 0 fully saturated rings. The van der Waals surface area contributed by atoms with Crippen molar-refractivity contribution in [3.8, 4) is 11.5 Å². The Hall–Kier alpha value is -5.12. The molecule has 4 aromatic carbocycles. The molecule has 51 heavy (non-hydrogen) atoms. The summed E-state index contributed by atoms with van der Waals surface area (Å²) in [6.45, 7) is 2.33. The van der Waals surface area contributed by atoms with E-state index in [0.717, 1.165) is 11.1 Å². The molecule has 0 spiro atoms. The van der Waals surface area contributed by atoms with Crippen LogP contribution in [0.25, 0.3) is 0 Å². The van der Waals surface area contributed by atoms with Crippen molar-refractivity contribution in [1.29, 1.82) is 0 Å². The van der Waals surface area contributed by atoms with Crippen molar-refractivity contribution in [2.45, 2.75) is 13.0 Å². The van der Waals surface area contributed by atoms with Crippen LogP contribution >= 0.6 is 0 Å². The average Bonchev–Trinajstić information content (AvgIpc) is 3.79. The summed E-state index contributed by atoms with van der Waals surface area (Å²) in [5.74, 6) is -0.137. The molecular weight excluding hydrogens is 719 g/mol. The van der Waals surface area contributed by atoms with Crippen LogP contribution in [0.15, 0.2) is 157 Å². The van der Waals surface area contributed by atoms with Gasteiger partial charge in [0.1, 0.15) is 0 Å². The van der Waals surface area contributed by atoms with Crippen molar-refractivity contribution < 1.29 is 55.9 Å². The Morgan fingerprint density at radius 2 is 1.00 bits per heavy atom. The molecular formula is C37H36ClCoN6O6. The number of hydrogen-bond donors (Lipinski definition) is 0. The van der Waals surface area contributed by atoms with Gasteiger partial charge in [-0.25, -0.2) is 28.6 Å². The Balaban J connectivity index is 0.000000408. The summed E-state index contributed by atoms with van der Waals surface area (Å²) >= 11 is 0. The molecule has 0 N–H and O–H groups in total. The first-order chi connectivity index (χ1) is 23.9. The van der Waals surface area contributed by atoms with Crippen LogP contribution in [0.2, 0.25) is 0 Å². The van der Waals surface area contributed by atoms with Crippen LogP contribution in [0.3, 0.4) is 0 Å². The van der Waals surface area contributed by atoms with Crippen LogP contribution in [0.4, 0.5) is 0 Å². The molecule has 0 aliphatic carbocycles. The summed E-state index contributed by atoms with van der Waals surface area (Å²) < 4.78 is 37.8. The first kappa shape index (κ1) is 42.0. The third-order valence-corrected chi connectivity index (χ3v) is 6.52. The number of aryl methyl sites for hydroxylation is 2. The van der Waals surface area contributed by atoms with E-state index >= 15 is 0 Å². The predicted octanol–water partition coefficient (Wildman–Crippen LogP) is 0.679. The van der Waals surface area contributed by atoms with Crippen LogP contribution in [0, 0.1) is 10.2 Å². The van der Waals surface area contributed by atoms with Crippen molar-refractivity contribution >= 4 is 11.4 Å². The third-order valence-electron chi connectivity index (χ3n) is 6.52. The Kier molecular flexibility index (Phi) is 18.0. The average molecular weight is 755 g/mol. The molecule has 1 atom stereocenters. The molecule has 0 unspecified atom stereocenters. The van der Waals surface area contributed by atoms with E-state index in [4.69, 9.17) is 28.6 Å². The SMILES string of the molecule is C[C@H](CN=C(c1ccccc1)c1ccccc1[O-])N=C(c1ccccc1)c1ccccc1[O-].Cn1ccnc1.Cn1ccnc1.[Co+3].[O-][Cl+3]([O-])([O-])[O-]. The second-order valence-electron chi connectivity index (χ2n) is 10.6. The zero-order valence-electron chi connectivity index (χ0n) is 28.0. The summed E-state index contributed by atoms with van der Waals surface area (Å²) in [4.78, 5) is 17.3. The number of aromatic nitrogens is 4. The maximum absolute atomic E-state index is 12.5. The van der Waals surface area contributed by atoms with Crippen LogP contribution < -0.4 is 28.8 Å². The van der Waals surface area contributed by atoms with Gasteiger partial charge in [0.15, 0.2) is 0 Å². The normalized spacial score (nSPS) is 11.7. The third kappa shape index (κ3) is 16.0.